The van der Waals surface area contributed by atoms with Gasteiger partial charge in [0, 0.05) is 51.8 Å². The van der Waals surface area contributed by atoms with Crippen molar-refractivity contribution in [3.05, 3.63) is 140 Å². The molecule has 0 spiro atoms. The Morgan fingerprint density at radius 1 is 0.595 bits per heavy atom. The summed E-state index contributed by atoms with van der Waals surface area (Å²) in [4.78, 5) is 11.6. The minimum atomic E-state index is -0.00790. The van der Waals surface area contributed by atoms with Crippen molar-refractivity contribution in [3.8, 4) is 33.7 Å². The van der Waals surface area contributed by atoms with Gasteiger partial charge in [-0.15, -0.1) is 0 Å². The van der Waals surface area contributed by atoms with E-state index < -0.39 is 0 Å². The average molecular weight is 540 g/mol. The number of rotatable bonds is 3. The molecule has 0 radical (unpaired) electrons. The third-order valence-electron chi connectivity index (χ3n) is 8.67. The summed E-state index contributed by atoms with van der Waals surface area (Å²) in [5, 5.41) is 0. The highest BCUT2D eigenvalue weighted by molar-refractivity contribution is 6.92. The highest BCUT2D eigenvalue weighted by atomic mass is 16.3. The second-order valence-corrected chi connectivity index (χ2v) is 10.9. The van der Waals surface area contributed by atoms with Gasteiger partial charge in [-0.25, -0.2) is 4.98 Å². The summed E-state index contributed by atoms with van der Waals surface area (Å²) in [7, 11) is 0. The van der Waals surface area contributed by atoms with Gasteiger partial charge in [-0.2, -0.15) is 0 Å². The molecule has 5 aromatic carbocycles. The normalized spacial score (nSPS) is 14.3. The molecule has 0 N–H and O–H groups in total. The van der Waals surface area contributed by atoms with E-state index in [0.29, 0.717) is 5.89 Å². The van der Waals surface area contributed by atoms with Crippen LogP contribution in [0, 0.1) is 0 Å². The third-order valence-corrected chi connectivity index (χ3v) is 8.67. The number of fused-ring (bicyclic) bond motifs is 11. The minimum absolute atomic E-state index is 0.00790. The molecule has 5 nitrogen and oxygen atoms in total. The van der Waals surface area contributed by atoms with Crippen LogP contribution in [0.2, 0.25) is 0 Å². The van der Waals surface area contributed by atoms with Gasteiger partial charge in [0.05, 0.1) is 12.9 Å². The fourth-order valence-corrected chi connectivity index (χ4v) is 6.78. The number of oxazole rings is 1. The zero-order valence-corrected chi connectivity index (χ0v) is 22.8. The van der Waals surface area contributed by atoms with Crippen LogP contribution in [0.4, 0.5) is 22.7 Å². The molecule has 3 aliphatic rings. The van der Waals surface area contributed by atoms with E-state index in [1.807, 2.05) is 0 Å². The third kappa shape index (κ3) is 3.42. The molecule has 4 heterocycles. The molecule has 0 saturated carbocycles. The Hall–Kier alpha value is -5.49. The first kappa shape index (κ1) is 23.2. The summed E-state index contributed by atoms with van der Waals surface area (Å²) in [6.07, 6.45) is 7.67. The van der Waals surface area contributed by atoms with E-state index in [1.54, 1.807) is 12.5 Å². The molecule has 0 amide bonds. The van der Waals surface area contributed by atoms with E-state index in [-0.39, 0.29) is 6.85 Å². The Balaban J connectivity index is 1.24. The maximum atomic E-state index is 5.73. The van der Waals surface area contributed by atoms with Crippen LogP contribution in [0.1, 0.15) is 0 Å². The van der Waals surface area contributed by atoms with Crippen LogP contribution in [0.15, 0.2) is 145 Å². The van der Waals surface area contributed by atoms with Crippen molar-refractivity contribution in [2.45, 2.75) is 0 Å². The largest absolute Gasteiger partial charge is 0.445 e. The second kappa shape index (κ2) is 9.01. The van der Waals surface area contributed by atoms with E-state index >= 15 is 0 Å². The Labute approximate surface area is 244 Å². The summed E-state index contributed by atoms with van der Waals surface area (Å²) in [5.74, 6) is 0.636. The van der Waals surface area contributed by atoms with E-state index in [4.69, 9.17) is 4.42 Å². The molecule has 42 heavy (non-hydrogen) atoms. The number of aromatic nitrogens is 1. The van der Waals surface area contributed by atoms with Crippen LogP contribution in [0.3, 0.4) is 0 Å². The van der Waals surface area contributed by atoms with Gasteiger partial charge in [-0.3, -0.25) is 0 Å². The van der Waals surface area contributed by atoms with Gasteiger partial charge < -0.3 is 19.0 Å². The maximum Gasteiger partial charge on any atom is 0.329 e. The summed E-state index contributed by atoms with van der Waals surface area (Å²) >= 11 is 0. The zero-order chi connectivity index (χ0) is 27.6. The number of anilines is 4. The first-order valence-corrected chi connectivity index (χ1v) is 14.3. The summed E-state index contributed by atoms with van der Waals surface area (Å²) in [6.45, 7) is 0.757. The van der Waals surface area contributed by atoms with Crippen molar-refractivity contribution in [1.29, 1.82) is 0 Å². The molecule has 3 aliphatic heterocycles. The van der Waals surface area contributed by atoms with Gasteiger partial charge in [-0.05, 0) is 64.5 Å². The molecule has 9 rings (SSSR count). The van der Waals surface area contributed by atoms with E-state index in [2.05, 4.69) is 147 Å². The van der Waals surface area contributed by atoms with Gasteiger partial charge in [0.2, 0.25) is 5.89 Å². The highest BCUT2D eigenvalue weighted by Gasteiger charge is 2.42. The molecular formula is C36H25BN4O. The molecule has 6 heteroatoms. The minimum Gasteiger partial charge on any atom is -0.445 e. The monoisotopic (exact) mass is 540 g/mol. The van der Waals surface area contributed by atoms with E-state index in [1.165, 1.54) is 55.9 Å². The lowest BCUT2D eigenvalue weighted by molar-refractivity contribution is 0.574. The van der Waals surface area contributed by atoms with E-state index in [0.717, 1.165) is 12.2 Å². The molecule has 0 bridgehead atoms. The molecule has 0 saturated heterocycles. The maximum absolute atomic E-state index is 5.73. The lowest BCUT2D eigenvalue weighted by Crippen LogP contribution is -2.59. The number of nitrogens with zero attached hydrogens (tertiary/aromatic N) is 4. The molecular weight excluding hydrogens is 515 g/mol. The molecule has 198 valence electrons. The fraction of sp³-hybridized carbons (Fsp3) is 0.0278. The van der Waals surface area contributed by atoms with Crippen molar-refractivity contribution < 1.29 is 4.42 Å². The predicted octanol–water partition coefficient (Wildman–Crippen LogP) is 7.00. The summed E-state index contributed by atoms with van der Waals surface area (Å²) < 4.78 is 5.73. The van der Waals surface area contributed by atoms with Gasteiger partial charge in [0.1, 0.15) is 6.26 Å². The van der Waals surface area contributed by atoms with Gasteiger partial charge >= 0.3 is 6.85 Å². The van der Waals surface area contributed by atoms with Crippen molar-refractivity contribution in [2.75, 3.05) is 21.3 Å². The van der Waals surface area contributed by atoms with E-state index in [9.17, 15) is 0 Å². The molecule has 0 aliphatic carbocycles. The van der Waals surface area contributed by atoms with Gasteiger partial charge in [-0.1, -0.05) is 72.8 Å². The number of benzene rings is 5. The smallest absolute Gasteiger partial charge is 0.329 e. The van der Waals surface area contributed by atoms with Crippen LogP contribution in [-0.4, -0.2) is 18.5 Å². The Morgan fingerprint density at radius 2 is 1.24 bits per heavy atom. The molecule has 0 unspecified atom stereocenters. The Morgan fingerprint density at radius 3 is 1.95 bits per heavy atom. The quantitative estimate of drug-likeness (QED) is 0.226. The average Bonchev–Trinajstić information content (AvgIpc) is 3.78. The number of hydrogen-bond acceptors (Lipinski definition) is 5. The first-order chi connectivity index (χ1) is 20.8. The lowest BCUT2D eigenvalue weighted by atomic mass is 9.43. The Kier molecular flexibility index (Phi) is 4.99. The predicted molar refractivity (Wildman–Crippen MR) is 172 cm³/mol. The Bertz CT molecular complexity index is 2000. The topological polar surface area (TPSA) is 35.8 Å². The lowest BCUT2D eigenvalue weighted by Gasteiger charge is -2.43. The standard InChI is InChI=1S/C36H25BN4O/c1-2-8-26(9-3-1)39-19-20-40(24-39)27-15-17-29-31-11-5-7-13-35(31)41-34-12-6-4-10-30(34)28-16-14-25(36-38-18-21-42-36)22-32(28)37(41)33(29)23-27/h1-23H,24H2. The van der Waals surface area contributed by atoms with Crippen molar-refractivity contribution >= 4 is 40.5 Å². The first-order valence-electron chi connectivity index (χ1n) is 14.3. The number of hydrogen-bond donors (Lipinski definition) is 0. The van der Waals surface area contributed by atoms with Gasteiger partial charge in [0.25, 0.3) is 0 Å². The number of para-hydroxylation sites is 3. The summed E-state index contributed by atoms with van der Waals surface area (Å²) in [5.41, 5.74) is 13.3. The van der Waals surface area contributed by atoms with Crippen LogP contribution in [0.5, 0.6) is 0 Å². The van der Waals surface area contributed by atoms with Crippen molar-refractivity contribution in [1.82, 2.24) is 4.98 Å². The zero-order valence-electron chi connectivity index (χ0n) is 22.8. The molecule has 6 aromatic rings. The molecule has 0 fully saturated rings. The fourth-order valence-electron chi connectivity index (χ4n) is 6.78. The SMILES string of the molecule is C1=CN(c2ccc3c(c2)B2c4cc(-c5ncco5)ccc4-c4ccccc4N2c2ccccc2-3)CN1c1ccccc1. The van der Waals surface area contributed by atoms with Crippen molar-refractivity contribution in [2.24, 2.45) is 0 Å². The van der Waals surface area contributed by atoms with Crippen molar-refractivity contribution in [3.63, 3.8) is 0 Å². The molecule has 0 atom stereocenters. The second-order valence-electron chi connectivity index (χ2n) is 10.9. The van der Waals surface area contributed by atoms with Crippen LogP contribution >= 0.6 is 0 Å². The van der Waals surface area contributed by atoms with Crippen LogP contribution in [-0.2, 0) is 0 Å². The van der Waals surface area contributed by atoms with Gasteiger partial charge in [0.15, 0.2) is 0 Å². The molecule has 1 aromatic heterocycles. The van der Waals surface area contributed by atoms with Crippen LogP contribution in [0.25, 0.3) is 33.7 Å². The summed E-state index contributed by atoms with van der Waals surface area (Å²) in [6, 6.07) is 41.6. The van der Waals surface area contributed by atoms with Crippen LogP contribution < -0.4 is 25.5 Å². The highest BCUT2D eigenvalue weighted by Crippen LogP contribution is 2.46.